The molecule has 0 aromatic carbocycles. The minimum atomic E-state index is 0.547. The molecular weight excluding hydrogens is 396 g/mol. The second kappa shape index (κ2) is 6.40. The van der Waals surface area contributed by atoms with Gasteiger partial charge in [0.05, 0.1) is 10.2 Å². The highest BCUT2D eigenvalue weighted by atomic mass is 79.9. The summed E-state index contributed by atoms with van der Waals surface area (Å²) in [6, 6.07) is 3.86. The van der Waals surface area contributed by atoms with Crippen LogP contribution in [0.25, 0.3) is 11.5 Å². The number of hydrogen-bond acceptors (Lipinski definition) is 4. The highest BCUT2D eigenvalue weighted by molar-refractivity contribution is 9.11. The lowest BCUT2D eigenvalue weighted by molar-refractivity contribution is 0.936. The minimum absolute atomic E-state index is 0.547. The van der Waals surface area contributed by atoms with E-state index in [-0.39, 0.29) is 0 Å². The third-order valence-electron chi connectivity index (χ3n) is 3.35. The predicted molar refractivity (Wildman–Crippen MR) is 91.4 cm³/mol. The summed E-state index contributed by atoms with van der Waals surface area (Å²) in [6.45, 7) is 3.03. The first-order valence-electron chi connectivity index (χ1n) is 7.13. The van der Waals surface area contributed by atoms with Crippen LogP contribution in [-0.2, 0) is 0 Å². The average Bonchev–Trinajstić information content (AvgIpc) is 3.31. The average molecular weight is 412 g/mol. The zero-order valence-corrected chi connectivity index (χ0v) is 14.9. The molecular formula is C15H16Br2N4. The molecule has 0 bridgehead atoms. The molecule has 0 aliphatic heterocycles. The lowest BCUT2D eigenvalue weighted by Crippen LogP contribution is -2.07. The lowest BCUT2D eigenvalue weighted by Gasteiger charge is -2.12. The predicted octanol–water partition coefficient (Wildman–Crippen LogP) is 4.76. The largest absolute Gasteiger partial charge is 0.369 e. The first kappa shape index (κ1) is 14.9. The van der Waals surface area contributed by atoms with E-state index in [1.165, 1.54) is 12.8 Å². The van der Waals surface area contributed by atoms with Gasteiger partial charge in [0.1, 0.15) is 11.5 Å². The maximum atomic E-state index is 4.74. The van der Waals surface area contributed by atoms with Crippen LogP contribution >= 0.6 is 31.9 Å². The summed E-state index contributed by atoms with van der Waals surface area (Å²) in [4.78, 5) is 13.8. The van der Waals surface area contributed by atoms with Crippen LogP contribution in [0.2, 0.25) is 0 Å². The molecule has 21 heavy (non-hydrogen) atoms. The molecule has 2 heterocycles. The number of pyridine rings is 1. The van der Waals surface area contributed by atoms with Crippen LogP contribution < -0.4 is 5.32 Å². The standard InChI is InChI=1S/C15H16Br2N4/c1-2-7-19-14-11(17)12(9-5-6-9)20-15(21-14)13-10(16)4-3-8-18-13/h3-4,8-9H,2,5-7H2,1H3,(H,19,20,21). The van der Waals surface area contributed by atoms with Crippen molar-refractivity contribution >= 4 is 37.7 Å². The Morgan fingerprint density at radius 1 is 1.29 bits per heavy atom. The number of aromatic nitrogens is 3. The Labute approximate surface area is 141 Å². The topological polar surface area (TPSA) is 50.7 Å². The molecule has 6 heteroatoms. The maximum absolute atomic E-state index is 4.74. The lowest BCUT2D eigenvalue weighted by atomic mass is 10.2. The Hall–Kier alpha value is -1.01. The summed E-state index contributed by atoms with van der Waals surface area (Å²) in [5.74, 6) is 2.08. The third kappa shape index (κ3) is 3.26. The normalized spacial score (nSPS) is 14.2. The summed E-state index contributed by atoms with van der Waals surface area (Å²) in [5, 5.41) is 3.37. The fourth-order valence-corrected chi connectivity index (χ4v) is 3.18. The molecule has 0 radical (unpaired) electrons. The number of anilines is 1. The molecule has 3 rings (SSSR count). The molecule has 0 amide bonds. The second-order valence-electron chi connectivity index (χ2n) is 5.13. The van der Waals surface area contributed by atoms with Gasteiger partial charge in [0.2, 0.25) is 0 Å². The van der Waals surface area contributed by atoms with E-state index >= 15 is 0 Å². The van der Waals surface area contributed by atoms with E-state index in [1.54, 1.807) is 6.20 Å². The van der Waals surface area contributed by atoms with Gasteiger partial charge in [-0.3, -0.25) is 4.98 Å². The molecule has 0 unspecified atom stereocenters. The smallest absolute Gasteiger partial charge is 0.181 e. The highest BCUT2D eigenvalue weighted by Gasteiger charge is 2.30. The van der Waals surface area contributed by atoms with E-state index in [4.69, 9.17) is 4.98 Å². The van der Waals surface area contributed by atoms with Crippen LogP contribution in [0.5, 0.6) is 0 Å². The first-order valence-corrected chi connectivity index (χ1v) is 8.71. The Morgan fingerprint density at radius 2 is 2.10 bits per heavy atom. The minimum Gasteiger partial charge on any atom is -0.369 e. The first-order chi connectivity index (χ1) is 10.2. The van der Waals surface area contributed by atoms with Gasteiger partial charge in [-0.15, -0.1) is 0 Å². The van der Waals surface area contributed by atoms with Crippen LogP contribution in [0, 0.1) is 0 Å². The molecule has 1 aliphatic rings. The summed E-state index contributed by atoms with van der Waals surface area (Å²) in [6.07, 6.45) is 5.22. The summed E-state index contributed by atoms with van der Waals surface area (Å²) >= 11 is 7.19. The molecule has 1 aliphatic carbocycles. The van der Waals surface area contributed by atoms with Crippen molar-refractivity contribution in [1.29, 1.82) is 0 Å². The monoisotopic (exact) mass is 410 g/mol. The van der Waals surface area contributed by atoms with Gasteiger partial charge in [0, 0.05) is 23.1 Å². The Kier molecular flexibility index (Phi) is 4.54. The SMILES string of the molecule is CCCNc1nc(-c2ncccc2Br)nc(C2CC2)c1Br. The van der Waals surface area contributed by atoms with Crippen molar-refractivity contribution in [3.8, 4) is 11.5 Å². The van der Waals surface area contributed by atoms with Gasteiger partial charge in [-0.05, 0) is 63.3 Å². The van der Waals surface area contributed by atoms with Crippen LogP contribution in [0.3, 0.4) is 0 Å². The second-order valence-corrected chi connectivity index (χ2v) is 6.78. The van der Waals surface area contributed by atoms with Crippen molar-refractivity contribution in [3.63, 3.8) is 0 Å². The Balaban J connectivity index is 2.08. The van der Waals surface area contributed by atoms with E-state index in [9.17, 15) is 0 Å². The van der Waals surface area contributed by atoms with Crippen molar-refractivity contribution in [3.05, 3.63) is 33.0 Å². The number of rotatable bonds is 5. The van der Waals surface area contributed by atoms with Crippen LogP contribution in [0.1, 0.15) is 37.8 Å². The molecule has 1 fully saturated rings. The maximum Gasteiger partial charge on any atom is 0.181 e. The van der Waals surface area contributed by atoms with E-state index in [1.807, 2.05) is 12.1 Å². The Bertz CT molecular complexity index is 656. The highest BCUT2D eigenvalue weighted by Crippen LogP contribution is 2.44. The van der Waals surface area contributed by atoms with Gasteiger partial charge in [0.25, 0.3) is 0 Å². The van der Waals surface area contributed by atoms with Gasteiger partial charge in [-0.25, -0.2) is 9.97 Å². The zero-order valence-electron chi connectivity index (χ0n) is 11.7. The number of nitrogens with one attached hydrogen (secondary N) is 1. The van der Waals surface area contributed by atoms with Crippen molar-refractivity contribution < 1.29 is 0 Å². The molecule has 1 N–H and O–H groups in total. The van der Waals surface area contributed by atoms with Gasteiger partial charge < -0.3 is 5.32 Å². The van der Waals surface area contributed by atoms with E-state index in [0.717, 1.165) is 39.1 Å². The molecule has 110 valence electrons. The fraction of sp³-hybridized carbons (Fsp3) is 0.400. The van der Waals surface area contributed by atoms with E-state index in [0.29, 0.717) is 11.7 Å². The van der Waals surface area contributed by atoms with Gasteiger partial charge in [0.15, 0.2) is 5.82 Å². The number of nitrogens with zero attached hydrogens (tertiary/aromatic N) is 3. The van der Waals surface area contributed by atoms with E-state index < -0.39 is 0 Å². The van der Waals surface area contributed by atoms with E-state index in [2.05, 4.69) is 54.1 Å². The van der Waals surface area contributed by atoms with Crippen molar-refractivity contribution in [1.82, 2.24) is 15.0 Å². The molecule has 0 atom stereocenters. The molecule has 0 saturated heterocycles. The van der Waals surface area contributed by atoms with Crippen LogP contribution in [-0.4, -0.2) is 21.5 Å². The zero-order chi connectivity index (χ0) is 14.8. The third-order valence-corrected chi connectivity index (χ3v) is 4.78. The van der Waals surface area contributed by atoms with Gasteiger partial charge >= 0.3 is 0 Å². The Morgan fingerprint density at radius 3 is 2.76 bits per heavy atom. The molecule has 2 aromatic heterocycles. The summed E-state index contributed by atoms with van der Waals surface area (Å²) in [7, 11) is 0. The fourth-order valence-electron chi connectivity index (χ4n) is 2.11. The summed E-state index contributed by atoms with van der Waals surface area (Å²) in [5.41, 5.74) is 1.88. The van der Waals surface area contributed by atoms with Crippen LogP contribution in [0.4, 0.5) is 5.82 Å². The summed E-state index contributed by atoms with van der Waals surface area (Å²) < 4.78 is 1.91. The van der Waals surface area contributed by atoms with Crippen molar-refractivity contribution in [2.45, 2.75) is 32.1 Å². The van der Waals surface area contributed by atoms with Gasteiger partial charge in [-0.2, -0.15) is 0 Å². The van der Waals surface area contributed by atoms with Gasteiger partial charge in [-0.1, -0.05) is 6.92 Å². The quantitative estimate of drug-likeness (QED) is 0.770. The van der Waals surface area contributed by atoms with Crippen molar-refractivity contribution in [2.75, 3.05) is 11.9 Å². The number of halogens is 2. The molecule has 4 nitrogen and oxygen atoms in total. The molecule has 1 saturated carbocycles. The van der Waals surface area contributed by atoms with Crippen LogP contribution in [0.15, 0.2) is 27.3 Å². The van der Waals surface area contributed by atoms with Crippen molar-refractivity contribution in [2.24, 2.45) is 0 Å². The molecule has 2 aromatic rings. The molecule has 0 spiro atoms. The number of hydrogen-bond donors (Lipinski definition) is 1.